The standard InChI is InChI=1S/C15H13IN4O/c1-9-19-7-12(16)15(21)20(9)8-10-4-5-13(17)11-3-2-6-18-14(10)11/h2-7H,8,17H2,1H3. The molecule has 0 unspecified atom stereocenters. The molecule has 0 saturated heterocycles. The van der Waals surface area contributed by atoms with Crippen LogP contribution in [0.3, 0.4) is 0 Å². The van der Waals surface area contributed by atoms with Gasteiger partial charge in [-0.1, -0.05) is 6.07 Å². The summed E-state index contributed by atoms with van der Waals surface area (Å²) in [7, 11) is 0. The molecule has 3 aromatic rings. The summed E-state index contributed by atoms with van der Waals surface area (Å²) in [4.78, 5) is 20.9. The Balaban J connectivity index is 2.18. The van der Waals surface area contributed by atoms with Crippen LogP contribution in [0.2, 0.25) is 0 Å². The van der Waals surface area contributed by atoms with E-state index in [-0.39, 0.29) is 5.56 Å². The molecular formula is C15H13IN4O. The Morgan fingerprint density at radius 3 is 2.90 bits per heavy atom. The largest absolute Gasteiger partial charge is 0.398 e. The van der Waals surface area contributed by atoms with E-state index in [1.807, 2.05) is 53.8 Å². The van der Waals surface area contributed by atoms with Gasteiger partial charge >= 0.3 is 0 Å². The molecule has 5 nitrogen and oxygen atoms in total. The smallest absolute Gasteiger partial charge is 0.267 e. The van der Waals surface area contributed by atoms with Gasteiger partial charge in [0.2, 0.25) is 0 Å². The number of nitrogen functional groups attached to an aromatic ring is 1. The molecule has 0 spiro atoms. The van der Waals surface area contributed by atoms with Gasteiger partial charge in [0, 0.05) is 23.5 Å². The summed E-state index contributed by atoms with van der Waals surface area (Å²) in [5.74, 6) is 0.682. The lowest BCUT2D eigenvalue weighted by molar-refractivity contribution is 0.697. The Morgan fingerprint density at radius 2 is 2.10 bits per heavy atom. The maximum atomic E-state index is 12.3. The summed E-state index contributed by atoms with van der Waals surface area (Å²) in [5, 5.41) is 0.902. The highest BCUT2D eigenvalue weighted by Gasteiger charge is 2.10. The Bertz CT molecular complexity index is 888. The van der Waals surface area contributed by atoms with Crippen molar-refractivity contribution in [1.29, 1.82) is 0 Å². The number of anilines is 1. The van der Waals surface area contributed by atoms with Crippen LogP contribution in [0.1, 0.15) is 11.4 Å². The average Bonchev–Trinajstić information content (AvgIpc) is 2.50. The Labute approximate surface area is 135 Å². The van der Waals surface area contributed by atoms with Crippen LogP contribution in [0.5, 0.6) is 0 Å². The number of nitrogens with zero attached hydrogens (tertiary/aromatic N) is 3. The van der Waals surface area contributed by atoms with Crippen molar-refractivity contribution in [1.82, 2.24) is 14.5 Å². The van der Waals surface area contributed by atoms with Gasteiger partial charge in [0.25, 0.3) is 5.56 Å². The third-order valence-electron chi connectivity index (χ3n) is 3.42. The second kappa shape index (κ2) is 5.44. The van der Waals surface area contributed by atoms with Crippen molar-refractivity contribution in [2.24, 2.45) is 0 Å². The second-order valence-electron chi connectivity index (χ2n) is 4.76. The first-order chi connectivity index (χ1) is 10.1. The molecule has 0 bridgehead atoms. The zero-order chi connectivity index (χ0) is 15.0. The molecule has 0 aliphatic heterocycles. The van der Waals surface area contributed by atoms with Crippen LogP contribution in [0.4, 0.5) is 5.69 Å². The highest BCUT2D eigenvalue weighted by atomic mass is 127. The van der Waals surface area contributed by atoms with E-state index in [4.69, 9.17) is 5.73 Å². The molecule has 2 aromatic heterocycles. The number of fused-ring (bicyclic) bond motifs is 1. The van der Waals surface area contributed by atoms with Crippen molar-refractivity contribution in [3.05, 3.63) is 62.0 Å². The minimum absolute atomic E-state index is 0.0380. The third-order valence-corrected chi connectivity index (χ3v) is 4.16. The number of nitrogens with two attached hydrogens (primary N) is 1. The van der Waals surface area contributed by atoms with Gasteiger partial charge in [-0.15, -0.1) is 0 Å². The van der Waals surface area contributed by atoms with Gasteiger partial charge in [0.1, 0.15) is 5.82 Å². The molecule has 2 N–H and O–H groups in total. The van der Waals surface area contributed by atoms with Gasteiger partial charge in [0.05, 0.1) is 15.6 Å². The quantitative estimate of drug-likeness (QED) is 0.537. The van der Waals surface area contributed by atoms with Gasteiger partial charge in [-0.3, -0.25) is 14.3 Å². The highest BCUT2D eigenvalue weighted by molar-refractivity contribution is 14.1. The van der Waals surface area contributed by atoms with E-state index in [2.05, 4.69) is 9.97 Å². The van der Waals surface area contributed by atoms with E-state index in [1.54, 1.807) is 17.0 Å². The summed E-state index contributed by atoms with van der Waals surface area (Å²) < 4.78 is 2.26. The number of aryl methyl sites for hydroxylation is 1. The van der Waals surface area contributed by atoms with Crippen LogP contribution in [0.15, 0.2) is 41.5 Å². The number of benzene rings is 1. The van der Waals surface area contributed by atoms with E-state index in [0.717, 1.165) is 16.5 Å². The Morgan fingerprint density at radius 1 is 1.29 bits per heavy atom. The molecule has 0 radical (unpaired) electrons. The average molecular weight is 392 g/mol. The van der Waals surface area contributed by atoms with E-state index < -0.39 is 0 Å². The third kappa shape index (κ3) is 2.51. The van der Waals surface area contributed by atoms with Crippen molar-refractivity contribution in [3.8, 4) is 0 Å². The molecule has 1 aromatic carbocycles. The lowest BCUT2D eigenvalue weighted by Gasteiger charge is -2.12. The molecule has 0 saturated carbocycles. The predicted molar refractivity (Wildman–Crippen MR) is 91.2 cm³/mol. The van der Waals surface area contributed by atoms with E-state index in [1.165, 1.54) is 0 Å². The van der Waals surface area contributed by atoms with Crippen LogP contribution in [0, 0.1) is 10.5 Å². The lowest BCUT2D eigenvalue weighted by atomic mass is 10.1. The molecular weight excluding hydrogens is 379 g/mol. The fourth-order valence-corrected chi connectivity index (χ4v) is 2.72. The van der Waals surface area contributed by atoms with E-state index in [9.17, 15) is 4.79 Å². The maximum absolute atomic E-state index is 12.3. The van der Waals surface area contributed by atoms with Gasteiger partial charge < -0.3 is 5.73 Å². The normalized spacial score (nSPS) is 11.0. The molecule has 6 heteroatoms. The summed E-state index contributed by atoms with van der Waals surface area (Å²) in [5.41, 5.74) is 8.40. The first-order valence-electron chi connectivity index (χ1n) is 6.42. The molecule has 3 rings (SSSR count). The SMILES string of the molecule is Cc1ncc(I)c(=O)n1Cc1ccc(N)c2cccnc12. The summed E-state index contributed by atoms with van der Waals surface area (Å²) in [6.45, 7) is 2.26. The zero-order valence-corrected chi connectivity index (χ0v) is 13.5. The molecule has 0 amide bonds. The Kier molecular flexibility index (Phi) is 3.62. The van der Waals surface area contributed by atoms with Crippen molar-refractivity contribution in [3.63, 3.8) is 0 Å². The van der Waals surface area contributed by atoms with Crippen molar-refractivity contribution in [2.75, 3.05) is 5.73 Å². The van der Waals surface area contributed by atoms with Crippen molar-refractivity contribution in [2.45, 2.75) is 13.5 Å². The van der Waals surface area contributed by atoms with Gasteiger partial charge in [-0.25, -0.2) is 4.98 Å². The predicted octanol–water partition coefficient (Wildman–Crippen LogP) is 2.34. The molecule has 0 fully saturated rings. The molecule has 106 valence electrons. The molecule has 21 heavy (non-hydrogen) atoms. The maximum Gasteiger partial charge on any atom is 0.267 e. The van der Waals surface area contributed by atoms with Crippen molar-refractivity contribution < 1.29 is 0 Å². The summed E-state index contributed by atoms with van der Waals surface area (Å²) in [6, 6.07) is 7.55. The fraction of sp³-hybridized carbons (Fsp3) is 0.133. The number of hydrogen-bond donors (Lipinski definition) is 1. The van der Waals surface area contributed by atoms with E-state index in [0.29, 0.717) is 21.6 Å². The Hall–Kier alpha value is -1.96. The number of halogens is 1. The monoisotopic (exact) mass is 392 g/mol. The first-order valence-corrected chi connectivity index (χ1v) is 7.50. The fourth-order valence-electron chi connectivity index (χ4n) is 2.29. The van der Waals surface area contributed by atoms with Crippen LogP contribution >= 0.6 is 22.6 Å². The van der Waals surface area contributed by atoms with Crippen LogP contribution < -0.4 is 11.3 Å². The van der Waals surface area contributed by atoms with Gasteiger partial charge in [-0.05, 0) is 53.3 Å². The van der Waals surface area contributed by atoms with Crippen molar-refractivity contribution >= 4 is 39.2 Å². The number of hydrogen-bond acceptors (Lipinski definition) is 4. The molecule has 0 atom stereocenters. The number of rotatable bonds is 2. The van der Waals surface area contributed by atoms with Gasteiger partial charge in [0.15, 0.2) is 0 Å². The molecule has 0 aliphatic carbocycles. The first kappa shape index (κ1) is 14.0. The summed E-state index contributed by atoms with van der Waals surface area (Å²) in [6.07, 6.45) is 3.32. The van der Waals surface area contributed by atoms with E-state index >= 15 is 0 Å². The van der Waals surface area contributed by atoms with Crippen LogP contribution in [-0.4, -0.2) is 14.5 Å². The molecule has 2 heterocycles. The highest BCUT2D eigenvalue weighted by Crippen LogP contribution is 2.23. The minimum Gasteiger partial charge on any atom is -0.398 e. The lowest BCUT2D eigenvalue weighted by Crippen LogP contribution is -2.26. The molecule has 0 aliphatic rings. The zero-order valence-electron chi connectivity index (χ0n) is 11.4. The number of pyridine rings is 1. The van der Waals surface area contributed by atoms with Crippen LogP contribution in [0.25, 0.3) is 10.9 Å². The second-order valence-corrected chi connectivity index (χ2v) is 5.92. The van der Waals surface area contributed by atoms with Gasteiger partial charge in [-0.2, -0.15) is 0 Å². The van der Waals surface area contributed by atoms with Crippen LogP contribution in [-0.2, 0) is 6.54 Å². The minimum atomic E-state index is -0.0380. The summed E-state index contributed by atoms with van der Waals surface area (Å²) >= 11 is 2.00. The topological polar surface area (TPSA) is 73.8 Å². The number of aromatic nitrogens is 3.